The quantitative estimate of drug-likeness (QED) is 0.783. The summed E-state index contributed by atoms with van der Waals surface area (Å²) >= 11 is 0. The van der Waals surface area contributed by atoms with Gasteiger partial charge < -0.3 is 15.4 Å². The van der Waals surface area contributed by atoms with Gasteiger partial charge in [-0.3, -0.25) is 0 Å². The first-order chi connectivity index (χ1) is 11.6. The molecule has 0 saturated carbocycles. The second kappa shape index (κ2) is 8.96. The van der Waals surface area contributed by atoms with Crippen LogP contribution >= 0.6 is 0 Å². The molecule has 0 atom stereocenters. The standard InChI is InChI=1S/C20H26N2O2/c1-4-24-19-8-6-5-7-17(19)13-14-21-20(23)22-18-11-9-16(10-12-18)15(2)3/h5-12,15H,4,13-14H2,1-3H3,(H2,21,22,23). The van der Waals surface area contributed by atoms with E-state index in [-0.39, 0.29) is 6.03 Å². The summed E-state index contributed by atoms with van der Waals surface area (Å²) in [4.78, 5) is 12.0. The van der Waals surface area contributed by atoms with Crippen molar-refractivity contribution in [2.45, 2.75) is 33.1 Å². The molecule has 128 valence electrons. The fourth-order valence-corrected chi connectivity index (χ4v) is 2.44. The van der Waals surface area contributed by atoms with Crippen molar-refractivity contribution in [1.29, 1.82) is 0 Å². The number of anilines is 1. The van der Waals surface area contributed by atoms with E-state index in [2.05, 4.69) is 24.5 Å². The summed E-state index contributed by atoms with van der Waals surface area (Å²) < 4.78 is 5.59. The number of hydrogen-bond donors (Lipinski definition) is 2. The zero-order valence-corrected chi connectivity index (χ0v) is 14.6. The van der Waals surface area contributed by atoms with Gasteiger partial charge in [-0.15, -0.1) is 0 Å². The van der Waals surface area contributed by atoms with E-state index in [1.54, 1.807) is 0 Å². The maximum Gasteiger partial charge on any atom is 0.319 e. The number of amides is 2. The monoisotopic (exact) mass is 326 g/mol. The molecule has 24 heavy (non-hydrogen) atoms. The first kappa shape index (κ1) is 17.9. The van der Waals surface area contributed by atoms with E-state index in [4.69, 9.17) is 4.74 Å². The smallest absolute Gasteiger partial charge is 0.319 e. The third-order valence-corrected chi connectivity index (χ3v) is 3.79. The third kappa shape index (κ3) is 5.30. The number of carbonyl (C=O) groups is 1. The molecule has 0 spiro atoms. The molecule has 2 aromatic carbocycles. The van der Waals surface area contributed by atoms with E-state index >= 15 is 0 Å². The average Bonchev–Trinajstić information content (AvgIpc) is 2.57. The topological polar surface area (TPSA) is 50.4 Å². The largest absolute Gasteiger partial charge is 0.494 e. The van der Waals surface area contributed by atoms with Gasteiger partial charge in [0.05, 0.1) is 6.61 Å². The SMILES string of the molecule is CCOc1ccccc1CCNC(=O)Nc1ccc(C(C)C)cc1. The molecule has 2 amide bonds. The molecule has 0 aliphatic rings. The van der Waals surface area contributed by atoms with Gasteiger partial charge in [0.2, 0.25) is 0 Å². The van der Waals surface area contributed by atoms with E-state index in [0.717, 1.165) is 23.4 Å². The van der Waals surface area contributed by atoms with E-state index in [1.165, 1.54) is 5.56 Å². The second-order valence-corrected chi connectivity index (χ2v) is 5.95. The molecular weight excluding hydrogens is 300 g/mol. The summed E-state index contributed by atoms with van der Waals surface area (Å²) in [6, 6.07) is 15.7. The number of rotatable bonds is 7. The molecule has 0 radical (unpaired) electrons. The van der Waals surface area contributed by atoms with Gasteiger partial charge in [0.25, 0.3) is 0 Å². The zero-order valence-electron chi connectivity index (χ0n) is 14.6. The Labute approximate surface area is 144 Å². The summed E-state index contributed by atoms with van der Waals surface area (Å²) in [5, 5.41) is 5.73. The van der Waals surface area contributed by atoms with Crippen LogP contribution in [0.4, 0.5) is 10.5 Å². The second-order valence-electron chi connectivity index (χ2n) is 5.95. The molecule has 0 aliphatic carbocycles. The summed E-state index contributed by atoms with van der Waals surface area (Å²) in [6.45, 7) is 7.45. The number of hydrogen-bond acceptors (Lipinski definition) is 2. The van der Waals surface area contributed by atoms with Crippen LogP contribution in [0.2, 0.25) is 0 Å². The average molecular weight is 326 g/mol. The summed E-state index contributed by atoms with van der Waals surface area (Å²) in [7, 11) is 0. The van der Waals surface area contributed by atoms with Gasteiger partial charge in [-0.25, -0.2) is 4.79 Å². The van der Waals surface area contributed by atoms with Crippen molar-refractivity contribution in [2.24, 2.45) is 0 Å². The number of urea groups is 1. The number of ether oxygens (including phenoxy) is 1. The van der Waals surface area contributed by atoms with Crippen molar-refractivity contribution in [1.82, 2.24) is 5.32 Å². The van der Waals surface area contributed by atoms with Gasteiger partial charge in [-0.05, 0) is 48.6 Å². The molecular formula is C20H26N2O2. The van der Waals surface area contributed by atoms with Crippen LogP contribution in [0.3, 0.4) is 0 Å². The van der Waals surface area contributed by atoms with Gasteiger partial charge >= 0.3 is 6.03 Å². The molecule has 4 heteroatoms. The Balaban J connectivity index is 1.81. The van der Waals surface area contributed by atoms with Crippen molar-refractivity contribution in [3.8, 4) is 5.75 Å². The van der Waals surface area contributed by atoms with Crippen molar-refractivity contribution in [3.05, 3.63) is 59.7 Å². The minimum absolute atomic E-state index is 0.193. The first-order valence-electron chi connectivity index (χ1n) is 8.45. The highest BCUT2D eigenvalue weighted by atomic mass is 16.5. The molecule has 2 rings (SSSR count). The minimum Gasteiger partial charge on any atom is -0.494 e. The number of para-hydroxylation sites is 1. The molecule has 0 unspecified atom stereocenters. The third-order valence-electron chi connectivity index (χ3n) is 3.79. The highest BCUT2D eigenvalue weighted by Gasteiger charge is 2.05. The lowest BCUT2D eigenvalue weighted by molar-refractivity contribution is 0.252. The van der Waals surface area contributed by atoms with Crippen LogP contribution in [0.25, 0.3) is 0 Å². The van der Waals surface area contributed by atoms with Crippen LogP contribution in [-0.4, -0.2) is 19.2 Å². The fourth-order valence-electron chi connectivity index (χ4n) is 2.44. The number of nitrogens with one attached hydrogen (secondary N) is 2. The van der Waals surface area contributed by atoms with Gasteiger partial charge in [0.15, 0.2) is 0 Å². The van der Waals surface area contributed by atoms with Crippen LogP contribution < -0.4 is 15.4 Å². The van der Waals surface area contributed by atoms with Crippen LogP contribution in [-0.2, 0) is 6.42 Å². The summed E-state index contributed by atoms with van der Waals surface area (Å²) in [5.41, 5.74) is 3.15. The highest BCUT2D eigenvalue weighted by Crippen LogP contribution is 2.18. The first-order valence-corrected chi connectivity index (χ1v) is 8.45. The summed E-state index contributed by atoms with van der Waals surface area (Å²) in [6.07, 6.45) is 0.732. The molecule has 4 nitrogen and oxygen atoms in total. The Morgan fingerprint density at radius 3 is 2.46 bits per heavy atom. The van der Waals surface area contributed by atoms with E-state index in [1.807, 2.05) is 55.5 Å². The summed E-state index contributed by atoms with van der Waals surface area (Å²) in [5.74, 6) is 1.37. The Morgan fingerprint density at radius 2 is 1.79 bits per heavy atom. The molecule has 2 aromatic rings. The minimum atomic E-state index is -0.193. The van der Waals surface area contributed by atoms with Crippen molar-refractivity contribution >= 4 is 11.7 Å². The van der Waals surface area contributed by atoms with Crippen LogP contribution in [0.1, 0.15) is 37.8 Å². The molecule has 0 heterocycles. The molecule has 0 aromatic heterocycles. The van der Waals surface area contributed by atoms with Crippen molar-refractivity contribution < 1.29 is 9.53 Å². The predicted molar refractivity (Wildman–Crippen MR) is 98.9 cm³/mol. The lowest BCUT2D eigenvalue weighted by atomic mass is 10.0. The maximum absolute atomic E-state index is 12.0. The lowest BCUT2D eigenvalue weighted by Crippen LogP contribution is -2.30. The molecule has 2 N–H and O–H groups in total. The van der Waals surface area contributed by atoms with Crippen molar-refractivity contribution in [2.75, 3.05) is 18.5 Å². The molecule has 0 aliphatic heterocycles. The Hall–Kier alpha value is -2.49. The highest BCUT2D eigenvalue weighted by molar-refractivity contribution is 5.89. The van der Waals surface area contributed by atoms with Gasteiger partial charge in [-0.2, -0.15) is 0 Å². The van der Waals surface area contributed by atoms with Gasteiger partial charge in [0.1, 0.15) is 5.75 Å². The molecule has 0 fully saturated rings. The fraction of sp³-hybridized carbons (Fsp3) is 0.350. The lowest BCUT2D eigenvalue weighted by Gasteiger charge is -2.11. The predicted octanol–water partition coefficient (Wildman–Crippen LogP) is 4.57. The molecule has 0 bridgehead atoms. The Kier molecular flexibility index (Phi) is 6.67. The normalized spacial score (nSPS) is 10.5. The van der Waals surface area contributed by atoms with Crippen LogP contribution in [0.15, 0.2) is 48.5 Å². The van der Waals surface area contributed by atoms with E-state index in [9.17, 15) is 4.79 Å². The molecule has 0 saturated heterocycles. The van der Waals surface area contributed by atoms with Crippen LogP contribution in [0, 0.1) is 0 Å². The maximum atomic E-state index is 12.0. The van der Waals surface area contributed by atoms with Gasteiger partial charge in [-0.1, -0.05) is 44.2 Å². The van der Waals surface area contributed by atoms with Crippen molar-refractivity contribution in [3.63, 3.8) is 0 Å². The number of benzene rings is 2. The van der Waals surface area contributed by atoms with E-state index in [0.29, 0.717) is 19.1 Å². The van der Waals surface area contributed by atoms with Crippen LogP contribution in [0.5, 0.6) is 5.75 Å². The Morgan fingerprint density at radius 1 is 1.08 bits per heavy atom. The van der Waals surface area contributed by atoms with E-state index < -0.39 is 0 Å². The number of carbonyl (C=O) groups excluding carboxylic acids is 1. The van der Waals surface area contributed by atoms with Gasteiger partial charge in [0, 0.05) is 12.2 Å². The zero-order chi connectivity index (χ0) is 17.4. The Bertz CT molecular complexity index is 651.